The SMILES string of the molecule is COC(=O)CC(C)Sc1ccnc(C#N)c1. The van der Waals surface area contributed by atoms with Crippen molar-refractivity contribution in [2.45, 2.75) is 23.5 Å². The van der Waals surface area contributed by atoms with Gasteiger partial charge < -0.3 is 4.74 Å². The zero-order valence-electron chi connectivity index (χ0n) is 9.14. The van der Waals surface area contributed by atoms with Crippen LogP contribution in [0.2, 0.25) is 0 Å². The van der Waals surface area contributed by atoms with Crippen molar-refractivity contribution >= 4 is 17.7 Å². The van der Waals surface area contributed by atoms with Crippen LogP contribution in [0.1, 0.15) is 19.0 Å². The number of hydrogen-bond donors (Lipinski definition) is 0. The molecular weight excluding hydrogens is 224 g/mol. The Balaban J connectivity index is 2.59. The molecule has 1 aromatic heterocycles. The third-order valence-electron chi connectivity index (χ3n) is 1.87. The van der Waals surface area contributed by atoms with Gasteiger partial charge in [0.05, 0.1) is 13.5 Å². The number of thioether (sulfide) groups is 1. The number of pyridine rings is 1. The van der Waals surface area contributed by atoms with Crippen molar-refractivity contribution < 1.29 is 9.53 Å². The highest BCUT2D eigenvalue weighted by molar-refractivity contribution is 8.00. The Morgan fingerprint density at radius 3 is 3.12 bits per heavy atom. The molecule has 84 valence electrons. The third kappa shape index (κ3) is 3.91. The fraction of sp³-hybridized carbons (Fsp3) is 0.364. The highest BCUT2D eigenvalue weighted by Crippen LogP contribution is 2.25. The monoisotopic (exact) mass is 236 g/mol. The van der Waals surface area contributed by atoms with Crippen molar-refractivity contribution in [3.8, 4) is 6.07 Å². The first-order valence-corrected chi connectivity index (χ1v) is 5.63. The van der Waals surface area contributed by atoms with Crippen molar-refractivity contribution in [2.75, 3.05) is 7.11 Å². The Morgan fingerprint density at radius 1 is 1.75 bits per heavy atom. The summed E-state index contributed by atoms with van der Waals surface area (Å²) < 4.78 is 4.59. The van der Waals surface area contributed by atoms with Crippen LogP contribution >= 0.6 is 11.8 Å². The molecule has 5 heteroatoms. The van der Waals surface area contributed by atoms with Gasteiger partial charge in [-0.2, -0.15) is 5.26 Å². The first kappa shape index (κ1) is 12.5. The van der Waals surface area contributed by atoms with Gasteiger partial charge in [-0.1, -0.05) is 6.92 Å². The van der Waals surface area contributed by atoms with E-state index in [1.165, 1.54) is 18.9 Å². The van der Waals surface area contributed by atoms with E-state index in [-0.39, 0.29) is 11.2 Å². The zero-order valence-corrected chi connectivity index (χ0v) is 9.95. The number of carbonyl (C=O) groups excluding carboxylic acids is 1. The van der Waals surface area contributed by atoms with Crippen LogP contribution in [-0.4, -0.2) is 23.3 Å². The number of nitrogens with zero attached hydrogens (tertiary/aromatic N) is 2. The number of methoxy groups -OCH3 is 1. The van der Waals surface area contributed by atoms with Crippen molar-refractivity contribution in [2.24, 2.45) is 0 Å². The summed E-state index contributed by atoms with van der Waals surface area (Å²) in [7, 11) is 1.37. The Morgan fingerprint density at radius 2 is 2.50 bits per heavy atom. The van der Waals surface area contributed by atoms with Crippen LogP contribution in [0.25, 0.3) is 0 Å². The lowest BCUT2D eigenvalue weighted by molar-refractivity contribution is -0.140. The normalized spacial score (nSPS) is 11.6. The van der Waals surface area contributed by atoms with E-state index in [9.17, 15) is 4.79 Å². The van der Waals surface area contributed by atoms with Crippen LogP contribution in [0.15, 0.2) is 23.2 Å². The molecule has 0 N–H and O–H groups in total. The molecule has 0 aliphatic carbocycles. The molecular formula is C11H12N2O2S. The van der Waals surface area contributed by atoms with Crippen LogP contribution < -0.4 is 0 Å². The fourth-order valence-electron chi connectivity index (χ4n) is 1.14. The van der Waals surface area contributed by atoms with E-state index in [1.54, 1.807) is 12.3 Å². The largest absolute Gasteiger partial charge is 0.469 e. The molecule has 1 heterocycles. The van der Waals surface area contributed by atoms with Gasteiger partial charge in [-0.05, 0) is 12.1 Å². The summed E-state index contributed by atoms with van der Waals surface area (Å²) in [6, 6.07) is 5.50. The summed E-state index contributed by atoms with van der Waals surface area (Å²) >= 11 is 1.52. The first-order valence-electron chi connectivity index (χ1n) is 4.75. The molecule has 4 nitrogen and oxygen atoms in total. The Kier molecular flexibility index (Phi) is 4.80. The Hall–Kier alpha value is -1.54. The summed E-state index contributed by atoms with van der Waals surface area (Å²) in [4.78, 5) is 15.8. The Labute approximate surface area is 98.6 Å². The minimum Gasteiger partial charge on any atom is -0.469 e. The highest BCUT2D eigenvalue weighted by atomic mass is 32.2. The van der Waals surface area contributed by atoms with Crippen LogP contribution in [0, 0.1) is 11.3 Å². The van der Waals surface area contributed by atoms with E-state index in [2.05, 4.69) is 9.72 Å². The van der Waals surface area contributed by atoms with Gasteiger partial charge in [0.1, 0.15) is 11.8 Å². The van der Waals surface area contributed by atoms with E-state index in [0.29, 0.717) is 12.1 Å². The van der Waals surface area contributed by atoms with Gasteiger partial charge in [0.25, 0.3) is 0 Å². The summed E-state index contributed by atoms with van der Waals surface area (Å²) in [5, 5.41) is 8.80. The third-order valence-corrected chi connectivity index (χ3v) is 2.96. The van der Waals surface area contributed by atoms with Crippen LogP contribution in [-0.2, 0) is 9.53 Å². The molecule has 0 fully saturated rings. The predicted molar refractivity (Wildman–Crippen MR) is 60.9 cm³/mol. The second-order valence-corrected chi connectivity index (χ2v) is 4.71. The number of carbonyl (C=O) groups is 1. The Bertz CT molecular complexity index is 415. The predicted octanol–water partition coefficient (Wildman–Crippen LogP) is 2.00. The van der Waals surface area contributed by atoms with E-state index in [4.69, 9.17) is 5.26 Å². The van der Waals surface area contributed by atoms with Gasteiger partial charge in [0.15, 0.2) is 0 Å². The van der Waals surface area contributed by atoms with E-state index >= 15 is 0 Å². The lowest BCUT2D eigenvalue weighted by Gasteiger charge is -2.09. The van der Waals surface area contributed by atoms with Crippen LogP contribution in [0.3, 0.4) is 0 Å². The number of ether oxygens (including phenoxy) is 1. The van der Waals surface area contributed by atoms with Crippen LogP contribution in [0.5, 0.6) is 0 Å². The average molecular weight is 236 g/mol. The summed E-state index contributed by atoms with van der Waals surface area (Å²) in [5.74, 6) is -0.227. The fourth-order valence-corrected chi connectivity index (χ4v) is 2.14. The molecule has 0 aliphatic rings. The maximum absolute atomic E-state index is 11.0. The molecule has 0 saturated heterocycles. The van der Waals surface area contributed by atoms with E-state index in [1.807, 2.05) is 19.1 Å². The van der Waals surface area contributed by atoms with Crippen molar-refractivity contribution in [3.05, 3.63) is 24.0 Å². The quantitative estimate of drug-likeness (QED) is 0.591. The number of aromatic nitrogens is 1. The average Bonchev–Trinajstić information content (AvgIpc) is 2.28. The second kappa shape index (κ2) is 6.13. The van der Waals surface area contributed by atoms with Gasteiger partial charge >= 0.3 is 5.97 Å². The van der Waals surface area contributed by atoms with Gasteiger partial charge in [-0.25, -0.2) is 4.98 Å². The number of nitriles is 1. The summed E-state index contributed by atoms with van der Waals surface area (Å²) in [6.45, 7) is 1.94. The van der Waals surface area contributed by atoms with Crippen molar-refractivity contribution in [1.29, 1.82) is 5.26 Å². The van der Waals surface area contributed by atoms with Crippen LogP contribution in [0.4, 0.5) is 0 Å². The van der Waals surface area contributed by atoms with Gasteiger partial charge in [0, 0.05) is 16.3 Å². The standard InChI is InChI=1S/C11H12N2O2S/c1-8(5-11(14)15-2)16-10-3-4-13-9(6-10)7-12/h3-4,6,8H,5H2,1-2H3. The van der Waals surface area contributed by atoms with Crippen molar-refractivity contribution in [1.82, 2.24) is 4.98 Å². The summed E-state index contributed by atoms with van der Waals surface area (Å²) in [6.07, 6.45) is 1.94. The second-order valence-electron chi connectivity index (χ2n) is 3.20. The van der Waals surface area contributed by atoms with E-state index in [0.717, 1.165) is 4.90 Å². The topological polar surface area (TPSA) is 63.0 Å². The molecule has 1 rings (SSSR count). The molecule has 0 saturated carbocycles. The maximum atomic E-state index is 11.0. The van der Waals surface area contributed by atoms with E-state index < -0.39 is 0 Å². The highest BCUT2D eigenvalue weighted by Gasteiger charge is 2.10. The smallest absolute Gasteiger partial charge is 0.306 e. The van der Waals surface area contributed by atoms with Gasteiger partial charge in [-0.3, -0.25) is 4.79 Å². The van der Waals surface area contributed by atoms with Crippen molar-refractivity contribution in [3.63, 3.8) is 0 Å². The summed E-state index contributed by atoms with van der Waals surface area (Å²) in [5.41, 5.74) is 0.385. The number of rotatable bonds is 4. The maximum Gasteiger partial charge on any atom is 0.306 e. The minimum atomic E-state index is -0.227. The molecule has 1 aromatic rings. The van der Waals surface area contributed by atoms with Gasteiger partial charge in [-0.15, -0.1) is 11.8 Å². The molecule has 0 aromatic carbocycles. The molecule has 0 spiro atoms. The number of esters is 1. The zero-order chi connectivity index (χ0) is 12.0. The lowest BCUT2D eigenvalue weighted by Crippen LogP contribution is -2.08. The molecule has 16 heavy (non-hydrogen) atoms. The van der Waals surface area contributed by atoms with Gasteiger partial charge in [0.2, 0.25) is 0 Å². The number of hydrogen-bond acceptors (Lipinski definition) is 5. The molecule has 0 radical (unpaired) electrons. The minimum absolute atomic E-state index is 0.112. The molecule has 0 aliphatic heterocycles. The molecule has 1 unspecified atom stereocenters. The first-order chi connectivity index (χ1) is 7.65. The molecule has 1 atom stereocenters. The molecule has 0 bridgehead atoms. The molecule has 0 amide bonds. The lowest BCUT2D eigenvalue weighted by atomic mass is 10.3.